The second kappa shape index (κ2) is 8.81. The lowest BCUT2D eigenvalue weighted by Gasteiger charge is -2.53. The molecular weight excluding hydrogens is 515 g/mol. The highest BCUT2D eigenvalue weighted by molar-refractivity contribution is 6.42. The standard InChI is InChI=1S/C22H18Cl2F4N4O3/c23-12-1-2-13(18(25)17(12)24)31-20-11-4-16(15(33)5-14(11)29-8-30-20)35-19-9-3-10(19)7-32(6-9)21(34)22(26,27)28/h1-2,4-5,8-10,19,21,33-34H,3,6-7H2,(H,29,30,31)/t9-,10+,19+,21?. The number of phenolic OH excluding ortho intramolecular Hbond substituents is 1. The summed E-state index contributed by atoms with van der Waals surface area (Å²) >= 11 is 11.7. The predicted octanol–water partition coefficient (Wildman–Crippen LogP) is 5.10. The molecule has 2 bridgehead atoms. The maximum absolute atomic E-state index is 14.5. The van der Waals surface area contributed by atoms with Crippen LogP contribution in [0.1, 0.15) is 6.42 Å². The molecule has 0 spiro atoms. The van der Waals surface area contributed by atoms with Gasteiger partial charge in [-0.3, -0.25) is 4.90 Å². The van der Waals surface area contributed by atoms with Gasteiger partial charge in [-0.2, -0.15) is 13.2 Å². The summed E-state index contributed by atoms with van der Waals surface area (Å²) in [6.07, 6.45) is -5.78. The van der Waals surface area contributed by atoms with Crippen LogP contribution in [0.4, 0.5) is 29.1 Å². The van der Waals surface area contributed by atoms with Gasteiger partial charge in [-0.05, 0) is 24.6 Å². The van der Waals surface area contributed by atoms with Crippen molar-refractivity contribution in [3.63, 3.8) is 0 Å². The number of aliphatic hydroxyl groups is 1. The number of aromatic nitrogens is 2. The number of fused-ring (bicyclic) bond motifs is 3. The van der Waals surface area contributed by atoms with Crippen LogP contribution in [0.2, 0.25) is 10.0 Å². The van der Waals surface area contributed by atoms with Gasteiger partial charge in [0.2, 0.25) is 6.23 Å². The number of halogens is 6. The molecule has 7 nitrogen and oxygen atoms in total. The van der Waals surface area contributed by atoms with E-state index in [9.17, 15) is 27.8 Å². The van der Waals surface area contributed by atoms with Crippen LogP contribution in [0, 0.1) is 17.7 Å². The number of rotatable bonds is 5. The number of alkyl halides is 3. The number of aliphatic hydroxyl groups excluding tert-OH is 1. The zero-order valence-electron chi connectivity index (χ0n) is 17.7. The highest BCUT2D eigenvalue weighted by Gasteiger charge is 2.53. The Hall–Kier alpha value is -2.60. The van der Waals surface area contributed by atoms with E-state index in [-0.39, 0.29) is 58.0 Å². The molecule has 0 radical (unpaired) electrons. The Morgan fingerprint density at radius 2 is 1.86 bits per heavy atom. The largest absolute Gasteiger partial charge is 0.504 e. The van der Waals surface area contributed by atoms with Gasteiger partial charge in [-0.1, -0.05) is 23.2 Å². The topological polar surface area (TPSA) is 90.7 Å². The zero-order chi connectivity index (χ0) is 25.1. The van der Waals surface area contributed by atoms with Crippen LogP contribution in [-0.4, -0.2) is 56.7 Å². The Kier molecular flexibility index (Phi) is 6.07. The van der Waals surface area contributed by atoms with Gasteiger partial charge in [0.15, 0.2) is 17.3 Å². The quantitative estimate of drug-likeness (QED) is 0.311. The summed E-state index contributed by atoms with van der Waals surface area (Å²) in [5, 5.41) is 23.1. The van der Waals surface area contributed by atoms with Gasteiger partial charge in [0, 0.05) is 36.4 Å². The summed E-state index contributed by atoms with van der Waals surface area (Å²) in [6.45, 7) is 0.0331. The molecular formula is C22H18Cl2F4N4O3. The van der Waals surface area contributed by atoms with Gasteiger partial charge in [-0.25, -0.2) is 14.4 Å². The number of benzene rings is 2. The third kappa shape index (κ3) is 4.42. The van der Waals surface area contributed by atoms with E-state index in [1.54, 1.807) is 0 Å². The van der Waals surface area contributed by atoms with Crippen LogP contribution in [0.15, 0.2) is 30.6 Å². The number of likely N-dealkylation sites (tertiary alicyclic amines) is 1. The second-order valence-corrected chi connectivity index (χ2v) is 9.40. The maximum atomic E-state index is 14.5. The first kappa shape index (κ1) is 24.1. The van der Waals surface area contributed by atoms with Gasteiger partial charge in [0.1, 0.15) is 18.2 Å². The molecule has 3 N–H and O–H groups in total. The second-order valence-electron chi connectivity index (χ2n) is 8.61. The van der Waals surface area contributed by atoms with Crippen molar-refractivity contribution in [2.24, 2.45) is 11.8 Å². The molecule has 1 saturated heterocycles. The van der Waals surface area contributed by atoms with Gasteiger partial charge in [-0.15, -0.1) is 0 Å². The first-order valence-corrected chi connectivity index (χ1v) is 11.3. The summed E-state index contributed by atoms with van der Waals surface area (Å²) in [5.41, 5.74) is 0.368. The molecule has 3 aromatic rings. The van der Waals surface area contributed by atoms with Crippen LogP contribution in [0.3, 0.4) is 0 Å². The number of anilines is 2. The van der Waals surface area contributed by atoms with Crippen molar-refractivity contribution >= 4 is 45.6 Å². The Bertz CT molecular complexity index is 1280. The Balaban J connectivity index is 1.39. The van der Waals surface area contributed by atoms with E-state index < -0.39 is 24.3 Å². The van der Waals surface area contributed by atoms with Crippen molar-refractivity contribution in [1.82, 2.24) is 14.9 Å². The van der Waals surface area contributed by atoms with E-state index in [0.29, 0.717) is 17.3 Å². The summed E-state index contributed by atoms with van der Waals surface area (Å²) in [5.74, 6) is -1.15. The summed E-state index contributed by atoms with van der Waals surface area (Å²) in [7, 11) is 0. The van der Waals surface area contributed by atoms with Crippen LogP contribution in [-0.2, 0) is 0 Å². The van der Waals surface area contributed by atoms with Crippen LogP contribution < -0.4 is 10.1 Å². The van der Waals surface area contributed by atoms with Crippen LogP contribution in [0.25, 0.3) is 10.9 Å². The third-order valence-electron chi connectivity index (χ3n) is 6.38. The lowest BCUT2D eigenvalue weighted by atomic mass is 9.68. The van der Waals surface area contributed by atoms with Crippen LogP contribution in [0.5, 0.6) is 11.5 Å². The van der Waals surface area contributed by atoms with Gasteiger partial charge < -0.3 is 20.3 Å². The van der Waals surface area contributed by atoms with Crippen molar-refractivity contribution in [3.05, 3.63) is 46.5 Å². The molecule has 1 saturated carbocycles. The lowest BCUT2D eigenvalue weighted by molar-refractivity contribution is -0.269. The van der Waals surface area contributed by atoms with Crippen LogP contribution >= 0.6 is 23.2 Å². The number of phenols is 1. The number of nitrogens with zero attached hydrogens (tertiary/aromatic N) is 3. The fourth-order valence-corrected chi connectivity index (χ4v) is 4.95. The fraction of sp³-hybridized carbons (Fsp3) is 0.364. The number of hydrogen-bond donors (Lipinski definition) is 3. The number of nitrogens with one attached hydrogen (secondary N) is 1. The molecule has 1 aromatic heterocycles. The van der Waals surface area contributed by atoms with Gasteiger partial charge >= 0.3 is 6.18 Å². The number of hydrogen-bond acceptors (Lipinski definition) is 7. The Morgan fingerprint density at radius 1 is 1.14 bits per heavy atom. The molecule has 1 unspecified atom stereocenters. The van der Waals surface area contributed by atoms with E-state index >= 15 is 0 Å². The molecule has 2 heterocycles. The molecule has 186 valence electrons. The fourth-order valence-electron chi connectivity index (χ4n) is 4.64. The molecule has 1 aliphatic heterocycles. The molecule has 0 amide bonds. The smallest absolute Gasteiger partial charge is 0.428 e. The number of aromatic hydroxyl groups is 1. The van der Waals surface area contributed by atoms with E-state index in [1.807, 2.05) is 0 Å². The lowest BCUT2D eigenvalue weighted by Crippen LogP contribution is -2.64. The van der Waals surface area contributed by atoms with E-state index in [0.717, 1.165) is 4.90 Å². The van der Waals surface area contributed by atoms with E-state index in [1.165, 1.54) is 30.6 Å². The Labute approximate surface area is 206 Å². The van der Waals surface area contributed by atoms with Crippen molar-refractivity contribution in [2.75, 3.05) is 18.4 Å². The Morgan fingerprint density at radius 3 is 2.54 bits per heavy atom. The molecule has 35 heavy (non-hydrogen) atoms. The molecule has 2 aromatic carbocycles. The predicted molar refractivity (Wildman–Crippen MR) is 121 cm³/mol. The molecule has 2 aliphatic rings. The van der Waals surface area contributed by atoms with Crippen molar-refractivity contribution in [3.8, 4) is 11.5 Å². The summed E-state index contributed by atoms with van der Waals surface area (Å²) in [6, 6.07) is 5.66. The van der Waals surface area contributed by atoms with Crippen molar-refractivity contribution < 1.29 is 32.5 Å². The first-order chi connectivity index (χ1) is 16.5. The molecule has 5 rings (SSSR count). The summed E-state index contributed by atoms with van der Waals surface area (Å²) in [4.78, 5) is 9.25. The SMILES string of the molecule is Oc1cc2ncnc(Nc3ccc(Cl)c(Cl)c3F)c2cc1O[C@H]1[C@@H]2C[C@H]1CN(C(O)C(F)(F)F)C2. The summed E-state index contributed by atoms with van der Waals surface area (Å²) < 4.78 is 59.1. The maximum Gasteiger partial charge on any atom is 0.428 e. The number of piperidine rings is 2. The zero-order valence-corrected chi connectivity index (χ0v) is 19.2. The molecule has 1 aliphatic carbocycles. The van der Waals surface area contributed by atoms with Crippen molar-refractivity contribution in [2.45, 2.75) is 24.9 Å². The monoisotopic (exact) mass is 532 g/mol. The van der Waals surface area contributed by atoms with Gasteiger partial charge in [0.05, 0.1) is 21.2 Å². The molecule has 2 fully saturated rings. The average Bonchev–Trinajstić information content (AvgIpc) is 2.82. The van der Waals surface area contributed by atoms with Gasteiger partial charge in [0.25, 0.3) is 0 Å². The van der Waals surface area contributed by atoms with E-state index in [2.05, 4.69) is 15.3 Å². The minimum Gasteiger partial charge on any atom is -0.504 e. The minimum atomic E-state index is -4.73. The van der Waals surface area contributed by atoms with Crippen molar-refractivity contribution in [1.29, 1.82) is 0 Å². The average molecular weight is 533 g/mol. The normalized spacial score (nSPS) is 23.1. The highest BCUT2D eigenvalue weighted by atomic mass is 35.5. The minimum absolute atomic E-state index is 0.0166. The molecule has 4 atom stereocenters. The highest BCUT2D eigenvalue weighted by Crippen LogP contribution is 2.46. The molecule has 13 heteroatoms. The number of ether oxygens (including phenoxy) is 1. The third-order valence-corrected chi connectivity index (χ3v) is 7.16. The first-order valence-electron chi connectivity index (χ1n) is 10.6. The van der Waals surface area contributed by atoms with E-state index in [4.69, 9.17) is 27.9 Å².